The van der Waals surface area contributed by atoms with E-state index in [2.05, 4.69) is 23.7 Å². The van der Waals surface area contributed by atoms with Crippen molar-refractivity contribution in [1.29, 1.82) is 0 Å². The van der Waals surface area contributed by atoms with Crippen molar-refractivity contribution in [3.8, 4) is 0 Å². The molecule has 0 saturated heterocycles. The molecule has 0 aromatic rings. The summed E-state index contributed by atoms with van der Waals surface area (Å²) < 4.78 is 0. The monoisotopic (exact) mass is 208 g/mol. The molecule has 0 fully saturated rings. The second kappa shape index (κ2) is 4.48. The maximum atomic E-state index is 4.62. The molecule has 5 heavy (non-hydrogen) atoms. The third-order valence-corrected chi connectivity index (χ3v) is 0. The van der Waals surface area contributed by atoms with Crippen LogP contribution in [0, 0.1) is 0 Å². The normalized spacial score (nSPS) is 4.80. The summed E-state index contributed by atoms with van der Waals surface area (Å²) in [7, 11) is 0. The Balaban J connectivity index is 0. The minimum absolute atomic E-state index is 0. The van der Waals surface area contributed by atoms with Crippen molar-refractivity contribution in [2.24, 2.45) is 11.5 Å². The fourth-order valence-corrected chi connectivity index (χ4v) is 0. The number of thiocarbonyl (C=S) groups is 1. The van der Waals surface area contributed by atoms with Gasteiger partial charge < -0.3 is 11.5 Å². The van der Waals surface area contributed by atoms with Crippen LogP contribution < -0.4 is 11.5 Å². The third kappa shape index (κ3) is 120. The van der Waals surface area contributed by atoms with Crippen LogP contribution >= 0.6 is 12.2 Å². The van der Waals surface area contributed by atoms with Gasteiger partial charge in [-0.25, -0.2) is 0 Å². The van der Waals surface area contributed by atoms with Gasteiger partial charge in [-0.15, -0.1) is 0 Å². The zero-order valence-electron chi connectivity index (χ0n) is 2.56. The van der Waals surface area contributed by atoms with Crippen LogP contribution in [0.5, 0.6) is 0 Å². The van der Waals surface area contributed by atoms with E-state index < -0.39 is 0 Å². The van der Waals surface area contributed by atoms with E-state index in [1.54, 1.807) is 0 Å². The molecule has 4 N–H and O–H groups in total. The molecule has 0 heterocycles. The second-order valence-electron chi connectivity index (χ2n) is 0.402. The Bertz CT molecular complexity index is 32.6. The number of nitrogens with two attached hydrogens (primary N) is 2. The summed E-state index contributed by atoms with van der Waals surface area (Å²) in [4.78, 5) is 0. The van der Waals surface area contributed by atoms with Gasteiger partial charge in [-0.1, -0.05) is 0 Å². The molecule has 0 atom stereocenters. The summed E-state index contributed by atoms with van der Waals surface area (Å²) in [5.74, 6) is 0. The van der Waals surface area contributed by atoms with Gasteiger partial charge in [0.25, 0.3) is 0 Å². The van der Waals surface area contributed by atoms with Gasteiger partial charge in [-0.3, -0.25) is 0 Å². The first-order chi connectivity index (χ1) is 1.73. The van der Waals surface area contributed by atoms with E-state index in [1.165, 1.54) is 0 Å². The quantitative estimate of drug-likeness (QED) is 0.365. The molecule has 0 aromatic heterocycles. The Morgan fingerprint density at radius 1 is 1.40 bits per heavy atom. The van der Waals surface area contributed by atoms with E-state index in [-0.39, 0.29) is 28.8 Å². The summed E-state index contributed by atoms with van der Waals surface area (Å²) >= 11 is 4.09. The Labute approximate surface area is 52.6 Å². The Morgan fingerprint density at radius 2 is 1.40 bits per heavy atom. The average Bonchev–Trinajstić information content (AvgIpc) is 0.811. The van der Waals surface area contributed by atoms with Crippen LogP contribution in [0.4, 0.5) is 0 Å². The van der Waals surface area contributed by atoms with Gasteiger partial charge in [-0.05, 0) is 12.2 Å². The van der Waals surface area contributed by atoms with Crippen LogP contribution in [0.2, 0.25) is 0 Å². The zero-order valence-corrected chi connectivity index (χ0v) is 6.23. The molecule has 0 aliphatic carbocycles. The molecule has 0 unspecified atom stereocenters. The summed E-state index contributed by atoms with van der Waals surface area (Å²) in [5, 5.41) is 0.000000000000000222. The molecule has 0 aliphatic rings. The van der Waals surface area contributed by atoms with Crippen molar-refractivity contribution in [2.75, 3.05) is 0 Å². The van der Waals surface area contributed by atoms with Gasteiger partial charge in [-0.2, -0.15) is 0 Å². The van der Waals surface area contributed by atoms with E-state index >= 15 is 0 Å². The van der Waals surface area contributed by atoms with Crippen molar-refractivity contribution in [3.63, 3.8) is 0 Å². The van der Waals surface area contributed by atoms with Gasteiger partial charge in [0.1, 0.15) is 0 Å². The Morgan fingerprint density at radius 3 is 1.40 bits per heavy atom. The predicted molar refractivity (Wildman–Crippen MR) is 29.5 cm³/mol. The van der Waals surface area contributed by atoms with Gasteiger partial charge >= 0.3 is 23.7 Å². The first-order valence-corrected chi connectivity index (χ1v) is 1.19. The number of hydrogen-bond donors (Lipinski definition) is 2. The van der Waals surface area contributed by atoms with Gasteiger partial charge in [0.15, 0.2) is 5.11 Å². The molecule has 0 rings (SSSR count). The van der Waals surface area contributed by atoms with Crippen molar-refractivity contribution < 1.29 is 0 Å². The Hall–Kier alpha value is 0.480. The van der Waals surface area contributed by atoms with Crippen molar-refractivity contribution in [1.82, 2.24) is 0 Å². The molecule has 0 radical (unpaired) electrons. The molecule has 0 saturated carbocycles. The predicted octanol–water partition coefficient (Wildman–Crippen LogP) is -1.73. The van der Waals surface area contributed by atoms with E-state index in [9.17, 15) is 0 Å². The Kier molecular flexibility index (Phi) is 8.14. The minimum atomic E-state index is 0. The SMILES string of the molecule is NC(N)=S.[TeH2]. The van der Waals surface area contributed by atoms with Gasteiger partial charge in [0, 0.05) is 0 Å². The molecule has 0 aromatic carbocycles. The maximum absolute atomic E-state index is 4.62. The summed E-state index contributed by atoms with van der Waals surface area (Å²) in [6.45, 7) is 0. The van der Waals surface area contributed by atoms with Crippen LogP contribution in [0.3, 0.4) is 0 Å². The summed E-state index contributed by atoms with van der Waals surface area (Å²) in [6.07, 6.45) is 0. The van der Waals surface area contributed by atoms with E-state index in [4.69, 9.17) is 0 Å². The summed E-state index contributed by atoms with van der Waals surface area (Å²) in [6, 6.07) is 0. The molecule has 0 amide bonds. The van der Waals surface area contributed by atoms with E-state index in [1.807, 2.05) is 0 Å². The fraction of sp³-hybridized carbons (Fsp3) is 0. The fourth-order valence-electron chi connectivity index (χ4n) is 0. The number of hydrogen-bond acceptors (Lipinski definition) is 1. The molecular weight excluding hydrogens is 200 g/mol. The van der Waals surface area contributed by atoms with E-state index in [0.29, 0.717) is 0 Å². The summed E-state index contributed by atoms with van der Waals surface area (Å²) in [5.41, 5.74) is 9.24. The second-order valence-corrected chi connectivity index (χ2v) is 0.874. The van der Waals surface area contributed by atoms with Crippen LogP contribution in [0.25, 0.3) is 0 Å². The first kappa shape index (κ1) is 9.08. The van der Waals surface area contributed by atoms with Crippen molar-refractivity contribution in [2.45, 2.75) is 0 Å². The number of rotatable bonds is 0. The van der Waals surface area contributed by atoms with Crippen molar-refractivity contribution >= 4 is 41.0 Å². The molecular formula is CH6N2STe. The molecule has 32 valence electrons. The molecule has 0 spiro atoms. The molecule has 0 bridgehead atoms. The standard InChI is InChI=1S/CH4N2S.H2Te/c2-1(3)4;/h(H4,2,3,4);1H2. The first-order valence-electron chi connectivity index (χ1n) is 0.781. The zero-order chi connectivity index (χ0) is 3.58. The van der Waals surface area contributed by atoms with Crippen LogP contribution in [0.1, 0.15) is 0 Å². The van der Waals surface area contributed by atoms with Crippen LogP contribution in [-0.4, -0.2) is 28.8 Å². The van der Waals surface area contributed by atoms with E-state index in [0.717, 1.165) is 0 Å². The van der Waals surface area contributed by atoms with Gasteiger partial charge in [0.2, 0.25) is 0 Å². The molecule has 2 nitrogen and oxygen atoms in total. The van der Waals surface area contributed by atoms with Crippen molar-refractivity contribution in [3.05, 3.63) is 0 Å². The third-order valence-electron chi connectivity index (χ3n) is 0. The van der Waals surface area contributed by atoms with Crippen LogP contribution in [-0.2, 0) is 0 Å². The molecule has 4 heteroatoms. The van der Waals surface area contributed by atoms with Gasteiger partial charge in [0.05, 0.1) is 0 Å². The average molecular weight is 206 g/mol. The van der Waals surface area contributed by atoms with Crippen LogP contribution in [0.15, 0.2) is 0 Å². The topological polar surface area (TPSA) is 52.0 Å². The molecule has 0 aliphatic heterocycles.